The Morgan fingerprint density at radius 2 is 2.12 bits per heavy atom. The first-order chi connectivity index (χ1) is 8.08. The first-order valence-electron chi connectivity index (χ1n) is 5.54. The van der Waals surface area contributed by atoms with Crippen LogP contribution in [0.5, 0.6) is 0 Å². The Morgan fingerprint density at radius 3 is 2.65 bits per heavy atom. The van der Waals surface area contributed by atoms with Gasteiger partial charge in [0.1, 0.15) is 4.88 Å². The zero-order valence-corrected chi connectivity index (χ0v) is 11.4. The number of halogens is 1. The number of likely N-dealkylation sites (N-methyl/N-ethyl adjacent to an activating group) is 1. The highest BCUT2D eigenvalue weighted by atomic mass is 35.5. The normalized spacial score (nSPS) is 18.5. The smallest absolute Gasteiger partial charge is 0.260 e. The van der Waals surface area contributed by atoms with Crippen molar-refractivity contribution < 1.29 is 4.79 Å². The maximum atomic E-state index is 11.1. The lowest BCUT2D eigenvalue weighted by molar-refractivity contribution is 0.100. The van der Waals surface area contributed by atoms with Crippen molar-refractivity contribution in [1.29, 1.82) is 0 Å². The maximum Gasteiger partial charge on any atom is 0.260 e. The number of hydrogen-bond acceptors (Lipinski definition) is 4. The van der Waals surface area contributed by atoms with Gasteiger partial charge in [-0.3, -0.25) is 9.69 Å². The predicted molar refractivity (Wildman–Crippen MR) is 70.6 cm³/mol. The van der Waals surface area contributed by atoms with Crippen molar-refractivity contribution >= 4 is 28.8 Å². The van der Waals surface area contributed by atoms with Crippen LogP contribution in [0, 0.1) is 0 Å². The van der Waals surface area contributed by atoms with E-state index in [1.54, 1.807) is 0 Å². The van der Waals surface area contributed by atoms with Gasteiger partial charge in [0, 0.05) is 32.7 Å². The number of carbonyl (C=O) groups excluding carboxylic acids is 1. The molecule has 0 atom stereocenters. The van der Waals surface area contributed by atoms with Crippen LogP contribution in [0.25, 0.3) is 0 Å². The topological polar surface area (TPSA) is 49.6 Å². The van der Waals surface area contributed by atoms with E-state index < -0.39 is 5.91 Å². The van der Waals surface area contributed by atoms with Crippen LogP contribution >= 0.6 is 22.9 Å². The molecule has 1 aliphatic rings. The SMILES string of the molecule is CN1CCN(Cc2csc(C(N)=O)c2Cl)CC1. The molecule has 0 saturated carbocycles. The monoisotopic (exact) mass is 273 g/mol. The molecule has 0 bridgehead atoms. The molecule has 1 aromatic rings. The average Bonchev–Trinajstić information content (AvgIpc) is 2.64. The molecule has 0 aromatic carbocycles. The van der Waals surface area contributed by atoms with E-state index in [0.717, 1.165) is 38.3 Å². The first-order valence-corrected chi connectivity index (χ1v) is 6.80. The standard InChI is InChI=1S/C11H16ClN3OS/c1-14-2-4-15(5-3-14)6-8-7-17-10(9(8)12)11(13)16/h7H,2-6H2,1H3,(H2,13,16). The summed E-state index contributed by atoms with van der Waals surface area (Å²) in [6.07, 6.45) is 0. The minimum absolute atomic E-state index is 0.440. The quantitative estimate of drug-likeness (QED) is 0.902. The largest absolute Gasteiger partial charge is 0.365 e. The van der Waals surface area contributed by atoms with Crippen LogP contribution in [0.2, 0.25) is 5.02 Å². The van der Waals surface area contributed by atoms with E-state index in [-0.39, 0.29) is 0 Å². The summed E-state index contributed by atoms with van der Waals surface area (Å²) in [7, 11) is 2.13. The van der Waals surface area contributed by atoms with Gasteiger partial charge in [-0.1, -0.05) is 11.6 Å². The minimum atomic E-state index is -0.440. The Bertz CT molecular complexity index is 413. The van der Waals surface area contributed by atoms with Crippen LogP contribution in [0.4, 0.5) is 0 Å². The highest BCUT2D eigenvalue weighted by molar-refractivity contribution is 7.13. The third-order valence-corrected chi connectivity index (χ3v) is 4.60. The number of primary amides is 1. The summed E-state index contributed by atoms with van der Waals surface area (Å²) >= 11 is 7.47. The van der Waals surface area contributed by atoms with Crippen molar-refractivity contribution in [2.75, 3.05) is 33.2 Å². The molecule has 1 fully saturated rings. The third kappa shape index (κ3) is 2.98. The van der Waals surface area contributed by atoms with Gasteiger partial charge in [-0.25, -0.2) is 0 Å². The third-order valence-electron chi connectivity index (χ3n) is 3.01. The minimum Gasteiger partial charge on any atom is -0.365 e. The van der Waals surface area contributed by atoms with Gasteiger partial charge < -0.3 is 10.6 Å². The number of rotatable bonds is 3. The lowest BCUT2D eigenvalue weighted by atomic mass is 10.2. The number of thiophene rings is 1. The number of piperazine rings is 1. The molecule has 0 aliphatic carbocycles. The van der Waals surface area contributed by atoms with Gasteiger partial charge in [0.2, 0.25) is 0 Å². The second-order valence-electron chi connectivity index (χ2n) is 4.35. The van der Waals surface area contributed by atoms with Gasteiger partial charge in [-0.15, -0.1) is 11.3 Å². The van der Waals surface area contributed by atoms with E-state index in [1.165, 1.54) is 11.3 Å². The molecule has 0 radical (unpaired) electrons. The Morgan fingerprint density at radius 1 is 1.47 bits per heavy atom. The van der Waals surface area contributed by atoms with Gasteiger partial charge in [0.15, 0.2) is 0 Å². The molecule has 1 aliphatic heterocycles. The van der Waals surface area contributed by atoms with E-state index in [2.05, 4.69) is 16.8 Å². The number of nitrogens with two attached hydrogens (primary N) is 1. The van der Waals surface area contributed by atoms with Crippen molar-refractivity contribution in [2.45, 2.75) is 6.54 Å². The highest BCUT2D eigenvalue weighted by Crippen LogP contribution is 2.28. The van der Waals surface area contributed by atoms with Crippen LogP contribution in [0.15, 0.2) is 5.38 Å². The molecule has 94 valence electrons. The molecule has 0 unspecified atom stereocenters. The second-order valence-corrected chi connectivity index (χ2v) is 5.61. The van der Waals surface area contributed by atoms with Crippen LogP contribution in [-0.2, 0) is 6.54 Å². The molecule has 1 aromatic heterocycles. The molecule has 17 heavy (non-hydrogen) atoms. The van der Waals surface area contributed by atoms with Gasteiger partial charge in [-0.2, -0.15) is 0 Å². The lowest BCUT2D eigenvalue weighted by Gasteiger charge is -2.32. The highest BCUT2D eigenvalue weighted by Gasteiger charge is 2.18. The van der Waals surface area contributed by atoms with E-state index in [1.807, 2.05) is 5.38 Å². The van der Waals surface area contributed by atoms with Gasteiger partial charge in [-0.05, 0) is 18.0 Å². The Hall–Kier alpha value is -0.620. The lowest BCUT2D eigenvalue weighted by Crippen LogP contribution is -2.43. The second kappa shape index (κ2) is 5.35. The average molecular weight is 274 g/mol. The van der Waals surface area contributed by atoms with Crippen LogP contribution < -0.4 is 5.73 Å². The Kier molecular flexibility index (Phi) is 4.04. The molecule has 1 amide bonds. The van der Waals surface area contributed by atoms with Crippen LogP contribution in [0.1, 0.15) is 15.2 Å². The van der Waals surface area contributed by atoms with E-state index >= 15 is 0 Å². The van der Waals surface area contributed by atoms with Crippen molar-refractivity contribution in [2.24, 2.45) is 5.73 Å². The maximum absolute atomic E-state index is 11.1. The van der Waals surface area contributed by atoms with Gasteiger partial charge in [0.05, 0.1) is 5.02 Å². The first kappa shape index (κ1) is 12.8. The number of hydrogen-bond donors (Lipinski definition) is 1. The van der Waals surface area contributed by atoms with Crippen molar-refractivity contribution in [3.05, 3.63) is 20.8 Å². The number of carbonyl (C=O) groups is 1. The summed E-state index contributed by atoms with van der Waals surface area (Å²) < 4.78 is 0. The summed E-state index contributed by atoms with van der Waals surface area (Å²) in [6, 6.07) is 0. The van der Waals surface area contributed by atoms with Crippen LogP contribution in [-0.4, -0.2) is 48.9 Å². The van der Waals surface area contributed by atoms with Crippen molar-refractivity contribution in [3.63, 3.8) is 0 Å². The van der Waals surface area contributed by atoms with Gasteiger partial charge in [0.25, 0.3) is 5.91 Å². The van der Waals surface area contributed by atoms with E-state index in [0.29, 0.717) is 9.90 Å². The van der Waals surface area contributed by atoms with Crippen molar-refractivity contribution in [3.8, 4) is 0 Å². The molecular weight excluding hydrogens is 258 g/mol. The molecule has 4 nitrogen and oxygen atoms in total. The summed E-state index contributed by atoms with van der Waals surface area (Å²) in [5, 5.41) is 2.46. The van der Waals surface area contributed by atoms with Gasteiger partial charge >= 0.3 is 0 Å². The summed E-state index contributed by atoms with van der Waals surface area (Å²) in [5.74, 6) is -0.440. The number of nitrogens with zero attached hydrogens (tertiary/aromatic N) is 2. The molecule has 2 heterocycles. The van der Waals surface area contributed by atoms with E-state index in [9.17, 15) is 4.79 Å². The molecule has 2 N–H and O–H groups in total. The Labute approximate surface area is 110 Å². The molecule has 6 heteroatoms. The molecule has 2 rings (SSSR count). The van der Waals surface area contributed by atoms with Crippen molar-refractivity contribution in [1.82, 2.24) is 9.80 Å². The number of amides is 1. The molecular formula is C11H16ClN3OS. The fraction of sp³-hybridized carbons (Fsp3) is 0.545. The summed E-state index contributed by atoms with van der Waals surface area (Å²) in [5.41, 5.74) is 6.26. The Balaban J connectivity index is 2.01. The zero-order valence-electron chi connectivity index (χ0n) is 9.78. The molecule has 0 spiro atoms. The molecule has 1 saturated heterocycles. The summed E-state index contributed by atoms with van der Waals surface area (Å²) in [6.45, 7) is 5.02. The predicted octanol–water partition coefficient (Wildman–Crippen LogP) is 1.25. The fourth-order valence-corrected chi connectivity index (χ4v) is 3.11. The zero-order chi connectivity index (χ0) is 12.4. The summed E-state index contributed by atoms with van der Waals surface area (Å²) in [4.78, 5) is 16.2. The van der Waals surface area contributed by atoms with Crippen LogP contribution in [0.3, 0.4) is 0 Å². The van der Waals surface area contributed by atoms with E-state index in [4.69, 9.17) is 17.3 Å². The fourth-order valence-electron chi connectivity index (χ4n) is 1.90.